The van der Waals surface area contributed by atoms with Gasteiger partial charge in [-0.15, -0.1) is 0 Å². The zero-order chi connectivity index (χ0) is 57.3. The van der Waals surface area contributed by atoms with Crippen molar-refractivity contribution in [3.63, 3.8) is 0 Å². The van der Waals surface area contributed by atoms with E-state index < -0.39 is 0 Å². The second-order valence-corrected chi connectivity index (χ2v) is 21.0. The van der Waals surface area contributed by atoms with Gasteiger partial charge in [-0.25, -0.2) is 0 Å². The third-order valence-corrected chi connectivity index (χ3v) is 15.8. The van der Waals surface area contributed by atoms with Gasteiger partial charge < -0.3 is 0 Å². The van der Waals surface area contributed by atoms with Gasteiger partial charge in [-0.3, -0.25) is 34.7 Å². The van der Waals surface area contributed by atoms with Crippen LogP contribution in [0.25, 0.3) is 132 Å². The number of aromatic nitrogens is 6. The standard InChI is InChI=1S/C30H26N2O.2C24H16N2.Ru/c1-2-3-5-10-28(33)23-13-11-22(12-14-23)25-18-20-32-30-27(25)16-15-26-24(17-19-31-29(26)30)21-8-6-4-7-9-21;2*1-3-7-17(8-4-1)19-13-15-25-23-21(19)11-12-22-20(14-16-26-24(22)23)18-9-5-2-6-10-18;/h4,6-9,11-20H,2-3,5,10H2,1H3;2*1-16H;. The molecule has 414 valence electrons. The van der Waals surface area contributed by atoms with E-state index in [1.807, 2.05) is 97.8 Å². The van der Waals surface area contributed by atoms with E-state index in [9.17, 15) is 4.79 Å². The van der Waals surface area contributed by atoms with Gasteiger partial charge in [0.1, 0.15) is 0 Å². The Hall–Kier alpha value is -10.3. The van der Waals surface area contributed by atoms with Gasteiger partial charge in [0, 0.05) is 101 Å². The van der Waals surface area contributed by atoms with Crippen molar-refractivity contribution in [1.82, 2.24) is 29.9 Å². The number of Topliss-reactive ketones (excluding diaryl/α,β-unsaturated/α-hetero) is 1. The zero-order valence-electron chi connectivity index (χ0n) is 47.4. The van der Waals surface area contributed by atoms with Crippen LogP contribution in [0.3, 0.4) is 0 Å². The molecule has 7 nitrogen and oxygen atoms in total. The SMILES string of the molecule is CCCCCC(=O)c1ccc(-c2ccnc3c2ccc2c(-c4ccccc4)ccnc23)cc1.[Ru].c1ccc(-c2ccnc3c2ccc2c(-c4ccccc4)ccnc23)cc1.c1ccc(-c2ccnc3c2ccc2c(-c4ccccc4)ccnc23)cc1. The molecule has 0 amide bonds. The number of rotatable bonds is 11. The van der Waals surface area contributed by atoms with Crippen LogP contribution in [0.4, 0.5) is 0 Å². The molecule has 15 rings (SSSR count). The van der Waals surface area contributed by atoms with Crippen LogP contribution >= 0.6 is 0 Å². The van der Waals surface area contributed by atoms with E-state index in [0.29, 0.717) is 6.42 Å². The molecule has 9 aromatic carbocycles. The Bertz CT molecular complexity index is 4440. The average molecular weight is 1200 g/mol. The Kier molecular flexibility index (Phi) is 17.1. The molecule has 0 bridgehead atoms. The summed E-state index contributed by atoms with van der Waals surface area (Å²) in [5, 5.41) is 6.67. The van der Waals surface area contributed by atoms with Crippen molar-refractivity contribution >= 4 is 71.2 Å². The number of unbranched alkanes of at least 4 members (excludes halogenated alkanes) is 2. The van der Waals surface area contributed by atoms with Crippen LogP contribution in [-0.4, -0.2) is 35.7 Å². The molecule has 0 aliphatic carbocycles. The Morgan fingerprint density at radius 2 is 0.488 bits per heavy atom. The number of ketones is 1. The van der Waals surface area contributed by atoms with Gasteiger partial charge in [0.05, 0.1) is 33.1 Å². The van der Waals surface area contributed by atoms with E-state index in [4.69, 9.17) is 9.97 Å². The monoisotopic (exact) mass is 1200 g/mol. The van der Waals surface area contributed by atoms with E-state index in [1.54, 1.807) is 0 Å². The van der Waals surface area contributed by atoms with Gasteiger partial charge in [0.15, 0.2) is 5.78 Å². The molecule has 0 saturated heterocycles. The Labute approximate surface area is 513 Å². The summed E-state index contributed by atoms with van der Waals surface area (Å²) >= 11 is 0. The van der Waals surface area contributed by atoms with Crippen LogP contribution in [0.5, 0.6) is 0 Å². The zero-order valence-corrected chi connectivity index (χ0v) is 49.1. The van der Waals surface area contributed by atoms with E-state index in [-0.39, 0.29) is 25.3 Å². The van der Waals surface area contributed by atoms with Crippen molar-refractivity contribution in [2.24, 2.45) is 0 Å². The normalized spacial score (nSPS) is 11.0. The summed E-state index contributed by atoms with van der Waals surface area (Å²) < 4.78 is 0. The average Bonchev–Trinajstić information content (AvgIpc) is 1.02. The van der Waals surface area contributed by atoms with Gasteiger partial charge in [0.25, 0.3) is 0 Å². The molecule has 0 N–H and O–H groups in total. The first-order valence-corrected chi connectivity index (χ1v) is 29.0. The minimum Gasteiger partial charge on any atom is -0.294 e. The predicted octanol–water partition coefficient (Wildman–Crippen LogP) is 20.1. The molecule has 6 aromatic heterocycles. The first-order valence-electron chi connectivity index (χ1n) is 29.0. The largest absolute Gasteiger partial charge is 0.294 e. The number of fused-ring (bicyclic) bond motifs is 9. The summed E-state index contributed by atoms with van der Waals surface area (Å²) in [4.78, 5) is 40.5. The number of benzene rings is 9. The van der Waals surface area contributed by atoms with Gasteiger partial charge >= 0.3 is 0 Å². The third-order valence-electron chi connectivity index (χ3n) is 15.8. The Balaban J connectivity index is 0.000000127. The van der Waals surface area contributed by atoms with Crippen LogP contribution in [0.1, 0.15) is 43.0 Å². The first kappa shape index (κ1) is 56.2. The minimum atomic E-state index is 0. The number of hydrogen-bond donors (Lipinski definition) is 0. The van der Waals surface area contributed by atoms with E-state index in [2.05, 4.69) is 215 Å². The molecule has 0 unspecified atom stereocenters. The van der Waals surface area contributed by atoms with Crippen LogP contribution in [0.15, 0.2) is 286 Å². The van der Waals surface area contributed by atoms with Crippen molar-refractivity contribution in [2.45, 2.75) is 32.6 Å². The molecular formula is C78H58N6ORu. The molecule has 0 aliphatic heterocycles. The van der Waals surface area contributed by atoms with Crippen molar-refractivity contribution < 1.29 is 24.3 Å². The maximum Gasteiger partial charge on any atom is 0.162 e. The maximum absolute atomic E-state index is 12.5. The summed E-state index contributed by atoms with van der Waals surface area (Å²) in [5.41, 5.74) is 20.4. The van der Waals surface area contributed by atoms with Crippen LogP contribution < -0.4 is 0 Å². The summed E-state index contributed by atoms with van der Waals surface area (Å²) in [6.45, 7) is 2.15. The predicted molar refractivity (Wildman–Crippen MR) is 352 cm³/mol. The fourth-order valence-electron chi connectivity index (χ4n) is 11.6. The number of carbonyl (C=O) groups excluding carboxylic acids is 1. The fraction of sp³-hybridized carbons (Fsp3) is 0.0641. The summed E-state index contributed by atoms with van der Waals surface area (Å²) in [6.07, 6.45) is 15.0. The van der Waals surface area contributed by atoms with Crippen molar-refractivity contribution in [3.8, 4) is 66.8 Å². The summed E-state index contributed by atoms with van der Waals surface area (Å²) in [5.74, 6) is 0.221. The number of pyridine rings is 6. The molecule has 8 heteroatoms. The molecule has 0 spiro atoms. The molecule has 0 radical (unpaired) electrons. The van der Waals surface area contributed by atoms with E-state index >= 15 is 0 Å². The molecule has 6 heterocycles. The van der Waals surface area contributed by atoms with Gasteiger partial charge in [0.2, 0.25) is 0 Å². The van der Waals surface area contributed by atoms with E-state index in [1.165, 1.54) is 50.1 Å². The van der Waals surface area contributed by atoms with Gasteiger partial charge in [-0.2, -0.15) is 0 Å². The molecular weight excluding hydrogens is 1140 g/mol. The van der Waals surface area contributed by atoms with Crippen LogP contribution in [0.2, 0.25) is 0 Å². The number of nitrogens with zero attached hydrogens (tertiary/aromatic N) is 6. The number of carbonyl (C=O) groups is 1. The molecule has 0 fully saturated rings. The van der Waals surface area contributed by atoms with E-state index in [0.717, 1.165) is 107 Å². The van der Waals surface area contributed by atoms with Crippen LogP contribution in [0, 0.1) is 0 Å². The topological polar surface area (TPSA) is 94.4 Å². The molecule has 86 heavy (non-hydrogen) atoms. The smallest absolute Gasteiger partial charge is 0.162 e. The molecule has 15 aromatic rings. The minimum absolute atomic E-state index is 0. The Morgan fingerprint density at radius 3 is 0.709 bits per heavy atom. The second kappa shape index (κ2) is 26.1. The molecule has 0 atom stereocenters. The van der Waals surface area contributed by atoms with Crippen molar-refractivity contribution in [2.75, 3.05) is 0 Å². The maximum atomic E-state index is 12.5. The third kappa shape index (κ3) is 11.6. The molecule has 0 saturated carbocycles. The number of hydrogen-bond acceptors (Lipinski definition) is 7. The fourth-order valence-corrected chi connectivity index (χ4v) is 11.6. The van der Waals surface area contributed by atoms with Gasteiger partial charge in [-0.05, 0) is 110 Å². The van der Waals surface area contributed by atoms with Crippen LogP contribution in [-0.2, 0) is 19.5 Å². The quantitative estimate of drug-likeness (QED) is 0.0551. The molecule has 0 aliphatic rings. The summed E-state index contributed by atoms with van der Waals surface area (Å²) in [7, 11) is 0. The van der Waals surface area contributed by atoms with Crippen molar-refractivity contribution in [1.29, 1.82) is 0 Å². The van der Waals surface area contributed by atoms with Crippen molar-refractivity contribution in [3.05, 3.63) is 291 Å². The Morgan fingerprint density at radius 1 is 0.267 bits per heavy atom. The first-order chi connectivity index (χ1) is 42.1. The second-order valence-electron chi connectivity index (χ2n) is 21.0. The van der Waals surface area contributed by atoms with Gasteiger partial charge in [-0.1, -0.05) is 232 Å². The summed E-state index contributed by atoms with van der Waals surface area (Å²) in [6, 6.07) is 85.4.